The average molecular weight is 284 g/mol. The molecule has 0 bridgehead atoms. The second-order valence-electron chi connectivity index (χ2n) is 4.73. The van der Waals surface area contributed by atoms with Gasteiger partial charge >= 0.3 is 0 Å². The van der Waals surface area contributed by atoms with Gasteiger partial charge < -0.3 is 9.64 Å². The molecule has 1 amide bonds. The van der Waals surface area contributed by atoms with E-state index < -0.39 is 17.8 Å². The molecule has 110 valence electrons. The van der Waals surface area contributed by atoms with Crippen LogP contribution in [0.3, 0.4) is 0 Å². The average Bonchev–Trinajstić information content (AvgIpc) is 2.76. The fourth-order valence-electron chi connectivity index (χ4n) is 2.36. The summed E-state index contributed by atoms with van der Waals surface area (Å²) < 4.78 is 31.4. The Hall–Kier alpha value is -1.53. The van der Waals surface area contributed by atoms with Crippen LogP contribution in [0, 0.1) is 11.6 Å². The van der Waals surface area contributed by atoms with Crippen molar-refractivity contribution >= 4 is 5.91 Å². The highest BCUT2D eigenvalue weighted by molar-refractivity contribution is 5.84. The Bertz CT molecular complexity index is 496. The number of methoxy groups -OCH3 is 1. The van der Waals surface area contributed by atoms with Crippen molar-refractivity contribution < 1.29 is 18.3 Å². The fraction of sp³-hybridized carbons (Fsp3) is 0.500. The molecule has 2 atom stereocenters. The number of nitrogens with zero attached hydrogens (tertiary/aromatic N) is 1. The van der Waals surface area contributed by atoms with E-state index in [1.165, 1.54) is 6.07 Å². The van der Waals surface area contributed by atoms with Crippen LogP contribution in [0.1, 0.15) is 25.1 Å². The van der Waals surface area contributed by atoms with Gasteiger partial charge in [-0.25, -0.2) is 8.78 Å². The van der Waals surface area contributed by atoms with Gasteiger partial charge in [0, 0.05) is 13.7 Å². The third-order valence-corrected chi connectivity index (χ3v) is 3.46. The zero-order valence-corrected chi connectivity index (χ0v) is 11.5. The Labute approximate surface area is 116 Å². The van der Waals surface area contributed by atoms with E-state index in [1.807, 2.05) is 6.92 Å². The van der Waals surface area contributed by atoms with Gasteiger partial charge in [-0.2, -0.15) is 0 Å². The lowest BCUT2D eigenvalue weighted by Crippen LogP contribution is -2.33. The summed E-state index contributed by atoms with van der Waals surface area (Å²) in [6.07, 6.45) is 0.195. The Morgan fingerprint density at radius 1 is 1.35 bits per heavy atom. The van der Waals surface area contributed by atoms with Crippen LogP contribution in [-0.4, -0.2) is 37.1 Å². The lowest BCUT2D eigenvalue weighted by Gasteiger charge is -2.24. The SMILES string of the molecule is CCC1NC(c2ccc(F)c(F)c2)N(CCOC)C1=O. The highest BCUT2D eigenvalue weighted by Crippen LogP contribution is 2.27. The molecule has 1 aromatic rings. The summed E-state index contributed by atoms with van der Waals surface area (Å²) in [5.74, 6) is -1.85. The number of rotatable bonds is 5. The molecule has 0 radical (unpaired) electrons. The molecule has 4 nitrogen and oxygen atoms in total. The molecule has 2 rings (SSSR count). The summed E-state index contributed by atoms with van der Waals surface area (Å²) in [4.78, 5) is 13.8. The Morgan fingerprint density at radius 2 is 2.10 bits per heavy atom. The van der Waals surface area contributed by atoms with Gasteiger partial charge in [0.15, 0.2) is 11.6 Å². The Morgan fingerprint density at radius 3 is 2.70 bits per heavy atom. The molecule has 0 spiro atoms. The molecule has 1 saturated heterocycles. The number of carbonyl (C=O) groups is 1. The molecule has 6 heteroatoms. The molecular weight excluding hydrogens is 266 g/mol. The number of hydrogen-bond donors (Lipinski definition) is 1. The smallest absolute Gasteiger partial charge is 0.241 e. The van der Waals surface area contributed by atoms with Crippen LogP contribution >= 0.6 is 0 Å². The van der Waals surface area contributed by atoms with E-state index in [9.17, 15) is 13.6 Å². The second kappa shape index (κ2) is 6.28. The van der Waals surface area contributed by atoms with Crippen LogP contribution in [-0.2, 0) is 9.53 Å². The maximum Gasteiger partial charge on any atom is 0.241 e. The third-order valence-electron chi connectivity index (χ3n) is 3.46. The first kappa shape index (κ1) is 14.9. The number of amides is 1. The molecule has 1 N–H and O–H groups in total. The van der Waals surface area contributed by atoms with Crippen molar-refractivity contribution in [1.29, 1.82) is 0 Å². The van der Waals surface area contributed by atoms with Crippen molar-refractivity contribution in [2.24, 2.45) is 0 Å². The van der Waals surface area contributed by atoms with Gasteiger partial charge in [0.2, 0.25) is 5.91 Å². The fourth-order valence-corrected chi connectivity index (χ4v) is 2.36. The predicted molar refractivity (Wildman–Crippen MR) is 69.9 cm³/mol. The van der Waals surface area contributed by atoms with E-state index in [4.69, 9.17) is 4.74 Å². The molecular formula is C14H18F2N2O2. The van der Waals surface area contributed by atoms with Gasteiger partial charge in [-0.1, -0.05) is 13.0 Å². The lowest BCUT2D eigenvalue weighted by atomic mass is 10.1. The number of hydrogen-bond acceptors (Lipinski definition) is 3. The normalized spacial score (nSPS) is 22.6. The second-order valence-corrected chi connectivity index (χ2v) is 4.73. The maximum absolute atomic E-state index is 13.4. The van der Waals surface area contributed by atoms with Crippen molar-refractivity contribution in [1.82, 2.24) is 10.2 Å². The third kappa shape index (κ3) is 2.81. The van der Waals surface area contributed by atoms with Crippen LogP contribution in [0.25, 0.3) is 0 Å². The standard InChI is InChI=1S/C14H18F2N2O2/c1-3-12-14(19)18(6-7-20-2)13(17-12)9-4-5-10(15)11(16)8-9/h4-5,8,12-13,17H,3,6-7H2,1-2H3. The monoisotopic (exact) mass is 284 g/mol. The largest absolute Gasteiger partial charge is 0.383 e. The molecule has 0 saturated carbocycles. The Kier molecular flexibility index (Phi) is 4.67. The summed E-state index contributed by atoms with van der Waals surface area (Å²) in [7, 11) is 1.55. The number of halogens is 2. The topological polar surface area (TPSA) is 41.6 Å². The lowest BCUT2D eigenvalue weighted by molar-refractivity contribution is -0.130. The summed E-state index contributed by atoms with van der Waals surface area (Å²) >= 11 is 0. The van der Waals surface area contributed by atoms with E-state index in [0.29, 0.717) is 25.1 Å². The summed E-state index contributed by atoms with van der Waals surface area (Å²) in [6.45, 7) is 2.70. The van der Waals surface area contributed by atoms with E-state index in [-0.39, 0.29) is 11.9 Å². The predicted octanol–water partition coefficient (Wildman–Crippen LogP) is 1.82. The first-order valence-electron chi connectivity index (χ1n) is 6.59. The highest BCUT2D eigenvalue weighted by Gasteiger charge is 2.38. The minimum Gasteiger partial charge on any atom is -0.383 e. The number of nitrogens with one attached hydrogen (secondary N) is 1. The zero-order chi connectivity index (χ0) is 14.7. The molecule has 1 aromatic carbocycles. The first-order chi connectivity index (χ1) is 9.58. The Balaban J connectivity index is 2.26. The van der Waals surface area contributed by atoms with Gasteiger partial charge in [0.25, 0.3) is 0 Å². The number of ether oxygens (including phenoxy) is 1. The van der Waals surface area contributed by atoms with E-state index in [0.717, 1.165) is 12.1 Å². The van der Waals surface area contributed by atoms with Crippen molar-refractivity contribution in [3.63, 3.8) is 0 Å². The first-order valence-corrected chi connectivity index (χ1v) is 6.59. The van der Waals surface area contributed by atoms with Gasteiger partial charge in [0.1, 0.15) is 6.17 Å². The van der Waals surface area contributed by atoms with Crippen LogP contribution in [0.4, 0.5) is 8.78 Å². The van der Waals surface area contributed by atoms with Gasteiger partial charge in [0.05, 0.1) is 12.6 Å². The molecule has 20 heavy (non-hydrogen) atoms. The quantitative estimate of drug-likeness (QED) is 0.896. The summed E-state index contributed by atoms with van der Waals surface area (Å²) in [5.41, 5.74) is 0.532. The van der Waals surface area contributed by atoms with E-state index in [1.54, 1.807) is 12.0 Å². The molecule has 0 aliphatic carbocycles. The molecule has 1 aliphatic rings. The zero-order valence-electron chi connectivity index (χ0n) is 11.5. The van der Waals surface area contributed by atoms with Gasteiger partial charge in [-0.15, -0.1) is 0 Å². The van der Waals surface area contributed by atoms with Crippen molar-refractivity contribution in [3.05, 3.63) is 35.4 Å². The van der Waals surface area contributed by atoms with Crippen LogP contribution < -0.4 is 5.32 Å². The summed E-state index contributed by atoms with van der Waals surface area (Å²) in [6, 6.07) is 3.38. The van der Waals surface area contributed by atoms with Crippen LogP contribution in [0.15, 0.2) is 18.2 Å². The van der Waals surface area contributed by atoms with Crippen molar-refractivity contribution in [2.45, 2.75) is 25.6 Å². The van der Waals surface area contributed by atoms with E-state index in [2.05, 4.69) is 5.32 Å². The maximum atomic E-state index is 13.4. The minimum absolute atomic E-state index is 0.0423. The van der Waals surface area contributed by atoms with Crippen LogP contribution in [0.2, 0.25) is 0 Å². The molecule has 1 aliphatic heterocycles. The van der Waals surface area contributed by atoms with Crippen LogP contribution in [0.5, 0.6) is 0 Å². The molecule has 1 heterocycles. The van der Waals surface area contributed by atoms with E-state index >= 15 is 0 Å². The molecule has 1 fully saturated rings. The number of benzene rings is 1. The van der Waals surface area contributed by atoms with Gasteiger partial charge in [-0.3, -0.25) is 10.1 Å². The highest BCUT2D eigenvalue weighted by atomic mass is 19.2. The molecule has 0 aromatic heterocycles. The van der Waals surface area contributed by atoms with Crippen molar-refractivity contribution in [2.75, 3.05) is 20.3 Å². The minimum atomic E-state index is -0.914. The summed E-state index contributed by atoms with van der Waals surface area (Å²) in [5, 5.41) is 3.14. The van der Waals surface area contributed by atoms with Crippen molar-refractivity contribution in [3.8, 4) is 0 Å². The number of carbonyl (C=O) groups excluding carboxylic acids is 1. The molecule has 2 unspecified atom stereocenters. The van der Waals surface area contributed by atoms with Gasteiger partial charge in [-0.05, 0) is 24.1 Å².